The van der Waals surface area contributed by atoms with Crippen LogP contribution in [0.5, 0.6) is 0 Å². The summed E-state index contributed by atoms with van der Waals surface area (Å²) in [6, 6.07) is 3.08. The minimum Gasteiger partial charge on any atom is -0.315 e. The Hall–Kier alpha value is -1.95. The first kappa shape index (κ1) is 12.5. The summed E-state index contributed by atoms with van der Waals surface area (Å²) in [6.45, 7) is 2.11. The number of hydrogen-bond acceptors (Lipinski definition) is 2. The molecule has 0 saturated heterocycles. The molecule has 6 heteroatoms. The largest absolute Gasteiger partial charge is 0.315 e. The van der Waals surface area contributed by atoms with Crippen LogP contribution in [0.4, 0.5) is 8.78 Å². The Kier molecular flexibility index (Phi) is 3.29. The minimum atomic E-state index is -0.783. The summed E-state index contributed by atoms with van der Waals surface area (Å²) in [5.74, 6) is -1.46. The lowest BCUT2D eigenvalue weighted by Gasteiger charge is -2.03. The second-order valence-electron chi connectivity index (χ2n) is 3.98. The highest BCUT2D eigenvalue weighted by Gasteiger charge is 2.14. The van der Waals surface area contributed by atoms with Crippen LogP contribution in [-0.4, -0.2) is 16.8 Å². The van der Waals surface area contributed by atoms with Crippen molar-refractivity contribution in [3.05, 3.63) is 51.4 Å². The average Bonchev–Trinajstić information content (AvgIpc) is 2.58. The van der Waals surface area contributed by atoms with E-state index in [4.69, 9.17) is 0 Å². The molecule has 0 radical (unpaired) electrons. The minimum absolute atomic E-state index is 0.00635. The molecule has 1 aromatic carbocycles. The second kappa shape index (κ2) is 4.73. The Labute approximate surface area is 102 Å². The molecule has 96 valence electrons. The molecule has 0 unspecified atom stereocenters. The lowest BCUT2D eigenvalue weighted by atomic mass is 10.2. The van der Waals surface area contributed by atoms with Crippen molar-refractivity contribution in [2.45, 2.75) is 13.5 Å². The number of aromatic nitrogens is 2. The van der Waals surface area contributed by atoms with Gasteiger partial charge in [0, 0.05) is 18.3 Å². The van der Waals surface area contributed by atoms with Crippen molar-refractivity contribution in [1.82, 2.24) is 15.1 Å². The number of nitrogens with one attached hydrogen (secondary N) is 2. The Morgan fingerprint density at radius 1 is 1.39 bits per heavy atom. The lowest BCUT2D eigenvalue weighted by Crippen LogP contribution is -2.21. The fourth-order valence-electron chi connectivity index (χ4n) is 1.80. The van der Waals surface area contributed by atoms with E-state index in [9.17, 15) is 13.6 Å². The third-order valence-electron chi connectivity index (χ3n) is 2.70. The van der Waals surface area contributed by atoms with Crippen LogP contribution in [0.2, 0.25) is 0 Å². The standard InChI is InChI=1S/C12H13F2N3O/c1-7-9(6-15-2)12(18)17(16-7)11-4-3-8(13)5-10(11)14/h3-5,15-16H,6H2,1-2H3. The zero-order valence-corrected chi connectivity index (χ0v) is 10.1. The Bertz CT molecular complexity index is 631. The molecule has 0 saturated carbocycles. The maximum atomic E-state index is 13.6. The van der Waals surface area contributed by atoms with E-state index in [1.54, 1.807) is 14.0 Å². The van der Waals surface area contributed by atoms with Gasteiger partial charge in [0.15, 0.2) is 5.82 Å². The van der Waals surface area contributed by atoms with Gasteiger partial charge in [0.05, 0.1) is 5.56 Å². The van der Waals surface area contributed by atoms with Crippen molar-refractivity contribution in [1.29, 1.82) is 0 Å². The summed E-state index contributed by atoms with van der Waals surface area (Å²) in [5.41, 5.74) is 0.846. The van der Waals surface area contributed by atoms with Gasteiger partial charge in [-0.2, -0.15) is 0 Å². The molecule has 0 spiro atoms. The van der Waals surface area contributed by atoms with Crippen LogP contribution in [0, 0.1) is 18.6 Å². The highest BCUT2D eigenvalue weighted by molar-refractivity contribution is 5.34. The Morgan fingerprint density at radius 3 is 2.72 bits per heavy atom. The van der Waals surface area contributed by atoms with Crippen molar-refractivity contribution >= 4 is 0 Å². The average molecular weight is 253 g/mol. The molecular formula is C12H13F2N3O. The zero-order valence-electron chi connectivity index (χ0n) is 10.1. The van der Waals surface area contributed by atoms with E-state index in [1.807, 2.05) is 0 Å². The van der Waals surface area contributed by atoms with Gasteiger partial charge in [-0.3, -0.25) is 9.89 Å². The number of aryl methyl sites for hydroxylation is 1. The second-order valence-corrected chi connectivity index (χ2v) is 3.98. The summed E-state index contributed by atoms with van der Waals surface area (Å²) in [7, 11) is 1.72. The van der Waals surface area contributed by atoms with Gasteiger partial charge in [0.1, 0.15) is 11.5 Å². The molecule has 2 N–H and O–H groups in total. The summed E-state index contributed by atoms with van der Waals surface area (Å²) in [4.78, 5) is 12.0. The SMILES string of the molecule is CNCc1c(C)[nH]n(-c2ccc(F)cc2F)c1=O. The molecular weight excluding hydrogens is 240 g/mol. The van der Waals surface area contributed by atoms with Gasteiger partial charge in [-0.05, 0) is 26.1 Å². The highest BCUT2D eigenvalue weighted by Crippen LogP contribution is 2.13. The number of hydrogen-bond donors (Lipinski definition) is 2. The quantitative estimate of drug-likeness (QED) is 0.870. The molecule has 0 amide bonds. The molecule has 1 aromatic heterocycles. The van der Waals surface area contributed by atoms with Crippen LogP contribution >= 0.6 is 0 Å². The summed E-state index contributed by atoms with van der Waals surface area (Å²) >= 11 is 0. The molecule has 0 atom stereocenters. The molecule has 0 fully saturated rings. The maximum Gasteiger partial charge on any atom is 0.276 e. The van der Waals surface area contributed by atoms with Crippen LogP contribution in [0.25, 0.3) is 5.69 Å². The predicted molar refractivity (Wildman–Crippen MR) is 63.8 cm³/mol. The van der Waals surface area contributed by atoms with Crippen LogP contribution < -0.4 is 10.9 Å². The van der Waals surface area contributed by atoms with E-state index >= 15 is 0 Å². The predicted octanol–water partition coefficient (Wildman–Crippen LogP) is 1.47. The first-order valence-electron chi connectivity index (χ1n) is 5.45. The first-order valence-corrected chi connectivity index (χ1v) is 5.45. The molecule has 1 heterocycles. The van der Waals surface area contributed by atoms with Crippen molar-refractivity contribution in [2.24, 2.45) is 0 Å². The van der Waals surface area contributed by atoms with Crippen molar-refractivity contribution in [3.8, 4) is 5.69 Å². The van der Waals surface area contributed by atoms with Gasteiger partial charge in [0.25, 0.3) is 5.56 Å². The summed E-state index contributed by atoms with van der Waals surface area (Å²) < 4.78 is 27.5. The van der Waals surface area contributed by atoms with Crippen molar-refractivity contribution in [2.75, 3.05) is 7.05 Å². The highest BCUT2D eigenvalue weighted by atomic mass is 19.1. The fraction of sp³-hybridized carbons (Fsp3) is 0.250. The molecule has 18 heavy (non-hydrogen) atoms. The number of aromatic amines is 1. The first-order chi connectivity index (χ1) is 8.54. The maximum absolute atomic E-state index is 13.6. The molecule has 0 bridgehead atoms. The van der Waals surface area contributed by atoms with Crippen LogP contribution in [0.3, 0.4) is 0 Å². The number of rotatable bonds is 3. The fourth-order valence-corrected chi connectivity index (χ4v) is 1.80. The number of halogens is 2. The Balaban J connectivity index is 2.58. The van der Waals surface area contributed by atoms with E-state index in [1.165, 1.54) is 6.07 Å². The molecule has 4 nitrogen and oxygen atoms in total. The van der Waals surface area contributed by atoms with E-state index in [0.29, 0.717) is 17.8 Å². The van der Waals surface area contributed by atoms with Gasteiger partial charge in [0.2, 0.25) is 0 Å². The van der Waals surface area contributed by atoms with Crippen LogP contribution in [0.15, 0.2) is 23.0 Å². The Morgan fingerprint density at radius 2 is 2.11 bits per heavy atom. The molecule has 0 aliphatic carbocycles. The smallest absolute Gasteiger partial charge is 0.276 e. The number of nitrogens with zero attached hydrogens (tertiary/aromatic N) is 1. The molecule has 0 aliphatic rings. The van der Waals surface area contributed by atoms with Crippen molar-refractivity contribution in [3.63, 3.8) is 0 Å². The summed E-state index contributed by atoms with van der Waals surface area (Å²) in [6.07, 6.45) is 0. The topological polar surface area (TPSA) is 49.8 Å². The van der Waals surface area contributed by atoms with E-state index in [2.05, 4.69) is 10.4 Å². The van der Waals surface area contributed by atoms with Gasteiger partial charge in [-0.25, -0.2) is 13.5 Å². The molecule has 0 aliphatic heterocycles. The van der Waals surface area contributed by atoms with Gasteiger partial charge in [-0.15, -0.1) is 0 Å². The van der Waals surface area contributed by atoms with Crippen molar-refractivity contribution < 1.29 is 8.78 Å². The van der Waals surface area contributed by atoms with E-state index in [0.717, 1.165) is 16.8 Å². The molecule has 2 rings (SSSR count). The summed E-state index contributed by atoms with van der Waals surface area (Å²) in [5, 5.41) is 5.64. The lowest BCUT2D eigenvalue weighted by molar-refractivity contribution is 0.572. The van der Waals surface area contributed by atoms with E-state index < -0.39 is 11.6 Å². The normalized spacial score (nSPS) is 10.9. The van der Waals surface area contributed by atoms with Gasteiger partial charge in [-0.1, -0.05) is 0 Å². The third-order valence-corrected chi connectivity index (χ3v) is 2.70. The number of H-pyrrole nitrogens is 1. The molecule has 2 aromatic rings. The van der Waals surface area contributed by atoms with Gasteiger partial charge < -0.3 is 5.32 Å². The number of benzene rings is 1. The van der Waals surface area contributed by atoms with Crippen LogP contribution in [0.1, 0.15) is 11.3 Å². The van der Waals surface area contributed by atoms with Crippen LogP contribution in [-0.2, 0) is 6.54 Å². The van der Waals surface area contributed by atoms with E-state index in [-0.39, 0.29) is 11.2 Å². The monoisotopic (exact) mass is 253 g/mol. The van der Waals surface area contributed by atoms with Gasteiger partial charge >= 0.3 is 0 Å². The zero-order chi connectivity index (χ0) is 13.3. The third kappa shape index (κ3) is 2.06.